The lowest BCUT2D eigenvalue weighted by Crippen LogP contribution is -2.48. The Kier molecular flexibility index (Phi) is 12.8. The Hall–Kier alpha value is -5.46. The van der Waals surface area contributed by atoms with Crippen LogP contribution in [0.15, 0.2) is 130 Å². The summed E-state index contributed by atoms with van der Waals surface area (Å²) in [6, 6.07) is 40.6. The molecule has 0 saturated carbocycles. The summed E-state index contributed by atoms with van der Waals surface area (Å²) < 4.78 is 37.1. The van der Waals surface area contributed by atoms with E-state index < -0.39 is 0 Å². The molecule has 7 aromatic rings. The minimum absolute atomic E-state index is 0.234. The molecule has 2 aliphatic heterocycles. The molecule has 62 heavy (non-hydrogen) atoms. The molecule has 5 aromatic carbocycles. The molecule has 2 aliphatic rings. The van der Waals surface area contributed by atoms with E-state index in [-0.39, 0.29) is 10.1 Å². The quantitative estimate of drug-likeness (QED) is 0.0991. The Labute approximate surface area is 372 Å². The van der Waals surface area contributed by atoms with Crippen LogP contribution >= 0.6 is 23.4 Å². The highest BCUT2D eigenvalue weighted by atomic mass is 35.5. The van der Waals surface area contributed by atoms with Crippen molar-refractivity contribution in [3.63, 3.8) is 0 Å². The van der Waals surface area contributed by atoms with Gasteiger partial charge in [0.1, 0.15) is 44.3 Å². The average Bonchev–Trinajstić information content (AvgIpc) is 3.88. The van der Waals surface area contributed by atoms with Gasteiger partial charge in [-0.05, 0) is 59.9 Å². The largest absolute Gasteiger partial charge is 0.488 e. The molecule has 9 rings (SSSR count). The van der Waals surface area contributed by atoms with E-state index in [1.165, 1.54) is 5.56 Å². The molecule has 4 heterocycles. The number of benzene rings is 5. The first kappa shape index (κ1) is 41.9. The first-order chi connectivity index (χ1) is 30.3. The molecular formula is C50H49Cl2N4O6+. The van der Waals surface area contributed by atoms with Crippen LogP contribution in [0.1, 0.15) is 45.5 Å². The predicted molar refractivity (Wildman–Crippen MR) is 240 cm³/mol. The number of aromatic nitrogens is 2. The van der Waals surface area contributed by atoms with Crippen molar-refractivity contribution in [2.45, 2.75) is 46.3 Å². The highest BCUT2D eigenvalue weighted by molar-refractivity contribution is 6.32. The monoisotopic (exact) mass is 871 g/mol. The molecule has 10 nitrogen and oxygen atoms in total. The summed E-state index contributed by atoms with van der Waals surface area (Å²) >= 11 is 14.5. The molecule has 0 amide bonds. The van der Waals surface area contributed by atoms with Gasteiger partial charge < -0.3 is 28.0 Å². The fourth-order valence-corrected chi connectivity index (χ4v) is 8.91. The summed E-state index contributed by atoms with van der Waals surface area (Å²) in [7, 11) is 0. The van der Waals surface area contributed by atoms with Crippen molar-refractivity contribution in [3.8, 4) is 45.1 Å². The Balaban J connectivity index is 0.968. The number of hydrogen-bond acceptors (Lipinski definition) is 9. The van der Waals surface area contributed by atoms with Gasteiger partial charge in [0, 0.05) is 31.3 Å². The van der Waals surface area contributed by atoms with Gasteiger partial charge in [-0.15, -0.1) is 0 Å². The van der Waals surface area contributed by atoms with Gasteiger partial charge >= 0.3 is 0 Å². The minimum Gasteiger partial charge on any atom is -0.488 e. The number of nitrogens with zero attached hydrogens (tertiary/aromatic N) is 4. The first-order valence-corrected chi connectivity index (χ1v) is 21.8. The maximum Gasteiger partial charge on any atom is 0.179 e. The van der Waals surface area contributed by atoms with Gasteiger partial charge in [-0.3, -0.25) is 4.90 Å². The zero-order valence-corrected chi connectivity index (χ0v) is 36.4. The lowest BCUT2D eigenvalue weighted by molar-refractivity contribution is -0.844. The Morgan fingerprint density at radius 3 is 2.02 bits per heavy atom. The number of quaternary nitrogens is 1. The van der Waals surface area contributed by atoms with Crippen molar-refractivity contribution < 1.29 is 32.0 Å². The third-order valence-corrected chi connectivity index (χ3v) is 12.2. The molecule has 12 heteroatoms. The molecule has 0 spiro atoms. The fourth-order valence-electron chi connectivity index (χ4n) is 8.36. The van der Waals surface area contributed by atoms with E-state index in [1.54, 1.807) is 0 Å². The molecule has 2 saturated heterocycles. The number of morpholine rings is 2. The smallest absolute Gasteiger partial charge is 0.179 e. The third-order valence-electron chi connectivity index (χ3n) is 11.5. The number of halogens is 2. The van der Waals surface area contributed by atoms with Crippen molar-refractivity contribution in [2.24, 2.45) is 0 Å². The van der Waals surface area contributed by atoms with Gasteiger partial charge in [0.15, 0.2) is 29.4 Å². The van der Waals surface area contributed by atoms with Crippen LogP contribution in [0.5, 0.6) is 11.5 Å². The van der Waals surface area contributed by atoms with Gasteiger partial charge in [0.25, 0.3) is 0 Å². The Bertz CT molecular complexity index is 2610. The van der Waals surface area contributed by atoms with Crippen LogP contribution in [0.4, 0.5) is 0 Å². The van der Waals surface area contributed by atoms with Crippen molar-refractivity contribution in [2.75, 3.05) is 46.0 Å². The van der Waals surface area contributed by atoms with E-state index in [2.05, 4.69) is 57.7 Å². The van der Waals surface area contributed by atoms with Gasteiger partial charge in [0.05, 0.1) is 52.9 Å². The maximum absolute atomic E-state index is 7.54. The number of ether oxygens (including phenoxy) is 4. The molecule has 2 atom stereocenters. The Morgan fingerprint density at radius 1 is 0.677 bits per heavy atom. The summed E-state index contributed by atoms with van der Waals surface area (Å²) in [6.07, 6.45) is -0.380. The second kappa shape index (κ2) is 18.9. The van der Waals surface area contributed by atoms with Crippen molar-refractivity contribution in [1.29, 1.82) is 0 Å². The van der Waals surface area contributed by atoms with Gasteiger partial charge in [-0.25, -0.2) is 4.00 Å². The molecular weight excluding hydrogens is 823 g/mol. The summed E-state index contributed by atoms with van der Waals surface area (Å²) in [6.45, 7) is 11.0. The third kappa shape index (κ3) is 9.61. The topological polar surface area (TPSA) is 92.2 Å². The zero-order chi connectivity index (χ0) is 42.5. The highest BCUT2D eigenvalue weighted by Gasteiger charge is 2.40. The van der Waals surface area contributed by atoms with E-state index >= 15 is 0 Å². The molecule has 0 aliphatic carbocycles. The molecule has 0 N–H and O–H groups in total. The number of aryl methyl sites for hydroxylation is 2. The first-order valence-electron chi connectivity index (χ1n) is 21.0. The van der Waals surface area contributed by atoms with E-state index in [4.69, 9.17) is 51.4 Å². The average molecular weight is 873 g/mol. The van der Waals surface area contributed by atoms with Crippen LogP contribution in [-0.2, 0) is 35.8 Å². The van der Waals surface area contributed by atoms with E-state index in [1.807, 2.05) is 92.7 Å². The molecule has 2 unspecified atom stereocenters. The molecule has 318 valence electrons. The summed E-state index contributed by atoms with van der Waals surface area (Å²) in [5.41, 5.74) is 10.3. The molecule has 2 fully saturated rings. The van der Waals surface area contributed by atoms with Gasteiger partial charge in [-0.2, -0.15) is 0 Å². The lowest BCUT2D eigenvalue weighted by Gasteiger charge is -2.36. The van der Waals surface area contributed by atoms with Gasteiger partial charge in [-0.1, -0.05) is 119 Å². The summed E-state index contributed by atoms with van der Waals surface area (Å²) in [4.78, 5) is 2.42. The van der Waals surface area contributed by atoms with Crippen LogP contribution in [-0.4, -0.2) is 65.2 Å². The lowest BCUT2D eigenvalue weighted by atomic mass is 9.97. The predicted octanol–water partition coefficient (Wildman–Crippen LogP) is 11.2. The van der Waals surface area contributed by atoms with Crippen LogP contribution in [0.25, 0.3) is 33.6 Å². The van der Waals surface area contributed by atoms with Crippen LogP contribution in [0.2, 0.25) is 5.02 Å². The maximum atomic E-state index is 7.54. The van der Waals surface area contributed by atoms with E-state index in [0.29, 0.717) is 73.1 Å². The van der Waals surface area contributed by atoms with Crippen LogP contribution < -0.4 is 9.47 Å². The standard InChI is InChI=1S/C50H49Cl2N4O6/c1-34-47(49(61-53-34)42-27-43(51)45(60-33-37-13-7-4-8-14-37)28-44(42)59-32-36-11-5-3-6-12-36)41-18-10-16-39(26-41)30-56(52)21-24-58-46(31-56)50-48(35(2)54-62-50)40-17-9-15-38(25-40)29-55-19-22-57-23-20-55/h3-18,25-28,46H,19-24,29-33H2,1-2H3/q+1. The van der Waals surface area contributed by atoms with Crippen molar-refractivity contribution in [3.05, 3.63) is 166 Å². The normalized spacial score (nSPS) is 18.2. The van der Waals surface area contributed by atoms with Crippen molar-refractivity contribution >= 4 is 23.4 Å². The molecule has 2 aromatic heterocycles. The SMILES string of the molecule is Cc1noc(-c2cc(Cl)c(OCc3ccccc3)cc2OCc2ccccc2)c1-c1cccc(C[N+]2(Cl)CCOC(c3onc(C)c3-c3cccc(CN4CCOCC4)c3)C2)c1. The molecule has 0 bridgehead atoms. The fraction of sp³-hybridized carbons (Fsp3) is 0.280. The highest BCUT2D eigenvalue weighted by Crippen LogP contribution is 2.45. The van der Waals surface area contributed by atoms with Crippen LogP contribution in [0.3, 0.4) is 0 Å². The minimum atomic E-state index is -0.380. The molecule has 0 radical (unpaired) electrons. The Morgan fingerprint density at radius 2 is 1.29 bits per heavy atom. The summed E-state index contributed by atoms with van der Waals surface area (Å²) in [5.74, 6) is 2.31. The van der Waals surface area contributed by atoms with Gasteiger partial charge in [0.2, 0.25) is 0 Å². The second-order valence-electron chi connectivity index (χ2n) is 16.0. The van der Waals surface area contributed by atoms with E-state index in [0.717, 1.165) is 83.2 Å². The number of rotatable bonds is 14. The van der Waals surface area contributed by atoms with E-state index in [9.17, 15) is 0 Å². The van der Waals surface area contributed by atoms with Crippen LogP contribution in [0, 0.1) is 13.8 Å². The second-order valence-corrected chi connectivity index (χ2v) is 17.2. The van der Waals surface area contributed by atoms with Crippen molar-refractivity contribution in [1.82, 2.24) is 15.2 Å². The number of hydrogen-bond donors (Lipinski definition) is 0. The summed E-state index contributed by atoms with van der Waals surface area (Å²) in [5, 5.41) is 9.30. The zero-order valence-electron chi connectivity index (χ0n) is 34.9.